The van der Waals surface area contributed by atoms with Gasteiger partial charge < -0.3 is 4.42 Å². The van der Waals surface area contributed by atoms with Crippen LogP contribution in [0, 0.1) is 5.41 Å². The van der Waals surface area contributed by atoms with Crippen LogP contribution >= 0.6 is 0 Å². The molecular weight excluding hydrogens is 599 g/mol. The van der Waals surface area contributed by atoms with Crippen LogP contribution in [-0.2, 0) is 5.41 Å². The van der Waals surface area contributed by atoms with Crippen molar-refractivity contribution in [3.05, 3.63) is 151 Å². The van der Waals surface area contributed by atoms with Gasteiger partial charge in [-0.05, 0) is 57.0 Å². The maximum Gasteiger partial charge on any atom is 0.164 e. The van der Waals surface area contributed by atoms with Crippen molar-refractivity contribution < 1.29 is 4.42 Å². The topological polar surface area (TPSA) is 51.8 Å². The largest absolute Gasteiger partial charge is 0.456 e. The van der Waals surface area contributed by atoms with E-state index in [-0.39, 0.29) is 10.8 Å². The van der Waals surface area contributed by atoms with Gasteiger partial charge in [-0.25, -0.2) is 15.0 Å². The number of para-hydroxylation sites is 1. The number of hydrogen-bond donors (Lipinski definition) is 0. The predicted molar refractivity (Wildman–Crippen MR) is 200 cm³/mol. The molecule has 0 aliphatic heterocycles. The summed E-state index contributed by atoms with van der Waals surface area (Å²) in [6, 6.07) is 48.7. The molecule has 8 aromatic rings. The first-order valence-electron chi connectivity index (χ1n) is 16.9. The Labute approximate surface area is 286 Å². The fourth-order valence-corrected chi connectivity index (χ4v) is 7.58. The normalized spacial score (nSPS) is 15.4. The van der Waals surface area contributed by atoms with Gasteiger partial charge in [-0.1, -0.05) is 149 Å². The molecule has 1 unspecified atom stereocenters. The molecule has 1 atom stereocenters. The van der Waals surface area contributed by atoms with Crippen LogP contribution in [0.5, 0.6) is 0 Å². The van der Waals surface area contributed by atoms with E-state index in [0.717, 1.165) is 44.2 Å². The van der Waals surface area contributed by atoms with Crippen LogP contribution in [0.1, 0.15) is 38.8 Å². The van der Waals surface area contributed by atoms with Crippen LogP contribution in [0.15, 0.2) is 144 Å². The second-order valence-corrected chi connectivity index (χ2v) is 14.2. The highest BCUT2D eigenvalue weighted by Gasteiger charge is 2.48. The van der Waals surface area contributed by atoms with E-state index in [1.54, 1.807) is 0 Å². The minimum atomic E-state index is -0.215. The molecule has 0 N–H and O–H groups in total. The van der Waals surface area contributed by atoms with Gasteiger partial charge >= 0.3 is 0 Å². The number of rotatable bonds is 4. The standard InChI is InChI=1S/C45H35N3O/c1-44(2,3)45(4)36-20-13-19-32(40(36)35-26-34-33-18-11-12-21-38(33)49-39(34)27-37(35)45)28-22-24-31(25-23-28)43-47-41(29-14-7-5-8-15-29)46-42(48-43)30-16-9-6-10-17-30/h5-27H,1-4H3. The maximum atomic E-state index is 6.41. The summed E-state index contributed by atoms with van der Waals surface area (Å²) < 4.78 is 6.41. The molecule has 9 rings (SSSR count). The van der Waals surface area contributed by atoms with Gasteiger partial charge in [0.15, 0.2) is 17.5 Å². The van der Waals surface area contributed by atoms with Crippen molar-refractivity contribution in [1.82, 2.24) is 15.0 Å². The van der Waals surface area contributed by atoms with Crippen molar-refractivity contribution in [3.8, 4) is 56.4 Å². The summed E-state index contributed by atoms with van der Waals surface area (Å²) >= 11 is 0. The first kappa shape index (κ1) is 29.3. The Morgan fingerprint density at radius 1 is 0.469 bits per heavy atom. The van der Waals surface area contributed by atoms with E-state index in [4.69, 9.17) is 19.4 Å². The summed E-state index contributed by atoms with van der Waals surface area (Å²) in [5, 5.41) is 2.30. The van der Waals surface area contributed by atoms with E-state index < -0.39 is 0 Å². The second-order valence-electron chi connectivity index (χ2n) is 14.2. The van der Waals surface area contributed by atoms with E-state index in [2.05, 4.69) is 100 Å². The third-order valence-corrected chi connectivity index (χ3v) is 10.6. The van der Waals surface area contributed by atoms with Crippen molar-refractivity contribution in [2.75, 3.05) is 0 Å². The zero-order chi connectivity index (χ0) is 33.3. The molecule has 0 spiro atoms. The molecule has 2 aromatic heterocycles. The molecule has 0 radical (unpaired) electrons. The molecule has 0 amide bonds. The molecule has 0 saturated carbocycles. The van der Waals surface area contributed by atoms with Crippen LogP contribution in [-0.4, -0.2) is 15.0 Å². The Bertz CT molecular complexity index is 2470. The van der Waals surface area contributed by atoms with Crippen LogP contribution in [0.2, 0.25) is 0 Å². The van der Waals surface area contributed by atoms with Gasteiger partial charge in [0.2, 0.25) is 0 Å². The quantitative estimate of drug-likeness (QED) is 0.193. The van der Waals surface area contributed by atoms with Crippen molar-refractivity contribution in [3.63, 3.8) is 0 Å². The summed E-state index contributed by atoms with van der Waals surface area (Å²) in [4.78, 5) is 14.8. The zero-order valence-electron chi connectivity index (χ0n) is 28.0. The zero-order valence-corrected chi connectivity index (χ0v) is 28.0. The molecule has 49 heavy (non-hydrogen) atoms. The fraction of sp³-hybridized carbons (Fsp3) is 0.133. The van der Waals surface area contributed by atoms with Crippen molar-refractivity contribution in [1.29, 1.82) is 0 Å². The first-order chi connectivity index (χ1) is 23.8. The molecular formula is C45H35N3O. The van der Waals surface area contributed by atoms with Gasteiger partial charge in [0, 0.05) is 32.9 Å². The lowest BCUT2D eigenvalue weighted by atomic mass is 9.62. The molecule has 236 valence electrons. The molecule has 4 nitrogen and oxygen atoms in total. The highest BCUT2D eigenvalue weighted by atomic mass is 16.3. The lowest BCUT2D eigenvalue weighted by Gasteiger charge is -2.41. The van der Waals surface area contributed by atoms with Crippen molar-refractivity contribution in [2.45, 2.75) is 33.1 Å². The van der Waals surface area contributed by atoms with Crippen LogP contribution in [0.3, 0.4) is 0 Å². The number of hydrogen-bond acceptors (Lipinski definition) is 4. The number of furan rings is 1. The first-order valence-corrected chi connectivity index (χ1v) is 16.9. The lowest BCUT2D eigenvalue weighted by molar-refractivity contribution is 0.255. The third-order valence-electron chi connectivity index (χ3n) is 10.6. The van der Waals surface area contributed by atoms with Crippen molar-refractivity contribution in [2.24, 2.45) is 5.41 Å². The SMILES string of the molecule is CC(C)(C)C1(C)c2cc3oc4ccccc4c3cc2-c2c(-c3ccc(-c4nc(-c5ccccc5)nc(-c5ccccc5)n4)cc3)cccc21. The Hall–Kier alpha value is -5.87. The summed E-state index contributed by atoms with van der Waals surface area (Å²) in [6.07, 6.45) is 0. The van der Waals surface area contributed by atoms with Gasteiger partial charge in [-0.3, -0.25) is 0 Å². The Balaban J connectivity index is 1.20. The summed E-state index contributed by atoms with van der Waals surface area (Å²) in [5.74, 6) is 1.97. The summed E-state index contributed by atoms with van der Waals surface area (Å²) in [6.45, 7) is 9.43. The van der Waals surface area contributed by atoms with E-state index >= 15 is 0 Å². The third kappa shape index (κ3) is 4.55. The number of aromatic nitrogens is 3. The minimum absolute atomic E-state index is 0.0409. The smallest absolute Gasteiger partial charge is 0.164 e. The van der Waals surface area contributed by atoms with Gasteiger partial charge in [0.05, 0.1) is 0 Å². The number of nitrogens with zero attached hydrogens (tertiary/aromatic N) is 3. The van der Waals surface area contributed by atoms with Crippen molar-refractivity contribution >= 4 is 21.9 Å². The van der Waals surface area contributed by atoms with Gasteiger partial charge in [-0.15, -0.1) is 0 Å². The number of benzene rings is 6. The molecule has 0 saturated heterocycles. The van der Waals surface area contributed by atoms with E-state index in [1.807, 2.05) is 66.7 Å². The average Bonchev–Trinajstić information content (AvgIpc) is 3.64. The molecule has 0 fully saturated rings. The highest BCUT2D eigenvalue weighted by molar-refractivity contribution is 6.08. The monoisotopic (exact) mass is 633 g/mol. The van der Waals surface area contributed by atoms with Crippen LogP contribution in [0.4, 0.5) is 0 Å². The summed E-state index contributed by atoms with van der Waals surface area (Å²) in [5.41, 5.74) is 12.1. The Morgan fingerprint density at radius 3 is 1.63 bits per heavy atom. The molecule has 0 bridgehead atoms. The lowest BCUT2D eigenvalue weighted by Crippen LogP contribution is -2.36. The number of fused-ring (bicyclic) bond motifs is 6. The molecule has 2 heterocycles. The highest BCUT2D eigenvalue weighted by Crippen LogP contribution is 2.60. The maximum absolute atomic E-state index is 6.41. The molecule has 4 heteroatoms. The average molecular weight is 634 g/mol. The molecule has 1 aliphatic rings. The molecule has 1 aliphatic carbocycles. The van der Waals surface area contributed by atoms with Gasteiger partial charge in [-0.2, -0.15) is 0 Å². The second kappa shape index (κ2) is 10.8. The van der Waals surface area contributed by atoms with E-state index in [1.165, 1.54) is 27.8 Å². The van der Waals surface area contributed by atoms with Crippen LogP contribution in [0.25, 0.3) is 78.4 Å². The van der Waals surface area contributed by atoms with Gasteiger partial charge in [0.1, 0.15) is 11.2 Å². The predicted octanol–water partition coefficient (Wildman–Crippen LogP) is 11.8. The fourth-order valence-electron chi connectivity index (χ4n) is 7.58. The minimum Gasteiger partial charge on any atom is -0.456 e. The Kier molecular flexibility index (Phi) is 6.47. The Morgan fingerprint density at radius 2 is 1.02 bits per heavy atom. The summed E-state index contributed by atoms with van der Waals surface area (Å²) in [7, 11) is 0. The van der Waals surface area contributed by atoms with Crippen LogP contribution < -0.4 is 0 Å². The van der Waals surface area contributed by atoms with Gasteiger partial charge in [0.25, 0.3) is 0 Å². The van der Waals surface area contributed by atoms with E-state index in [9.17, 15) is 0 Å². The van der Waals surface area contributed by atoms with E-state index in [0.29, 0.717) is 17.5 Å². The molecule has 6 aromatic carbocycles.